The topological polar surface area (TPSA) is 92.8 Å². The van der Waals surface area contributed by atoms with Gasteiger partial charge in [-0.1, -0.05) is 52.7 Å². The van der Waals surface area contributed by atoms with Crippen molar-refractivity contribution in [2.75, 3.05) is 6.61 Å². The van der Waals surface area contributed by atoms with Crippen LogP contribution < -0.4 is 5.32 Å². The summed E-state index contributed by atoms with van der Waals surface area (Å²) in [5.74, 6) is -1.60. The third-order valence-corrected chi connectivity index (χ3v) is 6.38. The highest BCUT2D eigenvalue weighted by Crippen LogP contribution is 2.30. The normalized spacial score (nSPS) is 24.6. The van der Waals surface area contributed by atoms with E-state index in [0.717, 1.165) is 24.2 Å². The summed E-state index contributed by atoms with van der Waals surface area (Å²) in [5.41, 5.74) is 0.554. The van der Waals surface area contributed by atoms with Gasteiger partial charge in [-0.05, 0) is 36.3 Å². The fourth-order valence-electron chi connectivity index (χ4n) is 4.39. The zero-order valence-corrected chi connectivity index (χ0v) is 18.0. The molecule has 4 atom stereocenters. The van der Waals surface area contributed by atoms with E-state index >= 15 is 0 Å². The van der Waals surface area contributed by atoms with E-state index in [2.05, 4.69) is 19.2 Å². The molecule has 0 saturated heterocycles. The number of benzene rings is 1. The smallest absolute Gasteiger partial charge is 0.330 e. The molecule has 3 rings (SSSR count). The summed E-state index contributed by atoms with van der Waals surface area (Å²) in [6, 6.07) is 5.47. The lowest BCUT2D eigenvalue weighted by molar-refractivity contribution is -0.154. The van der Waals surface area contributed by atoms with Crippen molar-refractivity contribution in [3.05, 3.63) is 35.4 Å². The Labute approximate surface area is 177 Å². The minimum atomic E-state index is -1.08. The molecule has 3 amide bonds. The Kier molecular flexibility index (Phi) is 6.58. The summed E-state index contributed by atoms with van der Waals surface area (Å²) < 4.78 is 5.24. The Hall–Kier alpha value is -2.70. The Balaban J connectivity index is 1.63. The second-order valence-corrected chi connectivity index (χ2v) is 8.76. The van der Waals surface area contributed by atoms with Crippen molar-refractivity contribution in [1.82, 2.24) is 10.2 Å². The van der Waals surface area contributed by atoms with Gasteiger partial charge in [0.15, 0.2) is 6.61 Å². The number of ether oxygens (including phenoxy) is 1. The van der Waals surface area contributed by atoms with Gasteiger partial charge in [0.2, 0.25) is 0 Å². The van der Waals surface area contributed by atoms with Gasteiger partial charge in [0.1, 0.15) is 6.04 Å². The van der Waals surface area contributed by atoms with Crippen LogP contribution in [0.4, 0.5) is 0 Å². The van der Waals surface area contributed by atoms with E-state index in [1.165, 1.54) is 0 Å². The second kappa shape index (κ2) is 8.98. The maximum Gasteiger partial charge on any atom is 0.330 e. The number of hydrogen-bond donors (Lipinski definition) is 1. The van der Waals surface area contributed by atoms with Crippen molar-refractivity contribution in [2.24, 2.45) is 17.8 Å². The third kappa shape index (κ3) is 4.25. The van der Waals surface area contributed by atoms with E-state index in [4.69, 9.17) is 4.74 Å². The molecular formula is C23H30N2O5. The minimum Gasteiger partial charge on any atom is -0.454 e. The number of fused-ring (bicyclic) bond motifs is 1. The Bertz CT molecular complexity index is 815. The van der Waals surface area contributed by atoms with Gasteiger partial charge in [0.05, 0.1) is 11.1 Å². The van der Waals surface area contributed by atoms with Gasteiger partial charge in [-0.3, -0.25) is 19.3 Å². The molecule has 1 N–H and O–H groups in total. The van der Waals surface area contributed by atoms with E-state index < -0.39 is 30.4 Å². The molecule has 7 heteroatoms. The number of carbonyl (C=O) groups excluding carboxylic acids is 4. The fraction of sp³-hybridized carbons (Fsp3) is 0.565. The van der Waals surface area contributed by atoms with Crippen LogP contribution in [-0.4, -0.2) is 47.3 Å². The lowest BCUT2D eigenvalue weighted by Gasteiger charge is -2.34. The highest BCUT2D eigenvalue weighted by Gasteiger charge is 2.44. The van der Waals surface area contributed by atoms with Crippen LogP contribution in [0.25, 0.3) is 0 Å². The molecule has 1 aliphatic carbocycles. The number of amides is 3. The summed E-state index contributed by atoms with van der Waals surface area (Å²) >= 11 is 0. The van der Waals surface area contributed by atoms with E-state index in [1.54, 1.807) is 38.1 Å². The maximum absolute atomic E-state index is 12.8. The summed E-state index contributed by atoms with van der Waals surface area (Å²) in [7, 11) is 0. The van der Waals surface area contributed by atoms with E-state index in [9.17, 15) is 19.2 Å². The number of hydrogen-bond acceptors (Lipinski definition) is 5. The second-order valence-electron chi connectivity index (χ2n) is 8.76. The SMILES string of the molecule is CC(C)[C@H](C(=O)OCC(=O)N[C@@H]1CCC[C@@H](C)[C@H]1C)N1C(=O)c2ccccc2C1=O. The molecule has 2 aliphatic rings. The molecule has 1 heterocycles. The molecule has 1 saturated carbocycles. The molecule has 0 radical (unpaired) electrons. The van der Waals surface area contributed by atoms with Crippen molar-refractivity contribution in [3.63, 3.8) is 0 Å². The average Bonchev–Trinajstić information content (AvgIpc) is 2.95. The molecule has 0 unspecified atom stereocenters. The quantitative estimate of drug-likeness (QED) is 0.571. The van der Waals surface area contributed by atoms with Crippen molar-refractivity contribution >= 4 is 23.7 Å². The molecule has 7 nitrogen and oxygen atoms in total. The van der Waals surface area contributed by atoms with Crippen LogP contribution in [0.5, 0.6) is 0 Å². The van der Waals surface area contributed by atoms with Crippen molar-refractivity contribution in [3.8, 4) is 0 Å². The number of imide groups is 1. The molecule has 162 valence electrons. The first-order valence-electron chi connectivity index (χ1n) is 10.6. The zero-order chi connectivity index (χ0) is 22.0. The number of esters is 1. The number of nitrogens with zero attached hydrogens (tertiary/aromatic N) is 1. The fourth-order valence-corrected chi connectivity index (χ4v) is 4.39. The molecule has 30 heavy (non-hydrogen) atoms. The van der Waals surface area contributed by atoms with E-state index in [-0.39, 0.29) is 29.0 Å². The summed E-state index contributed by atoms with van der Waals surface area (Å²) in [6.07, 6.45) is 3.12. The molecule has 1 aromatic rings. The minimum absolute atomic E-state index is 0.0667. The molecular weight excluding hydrogens is 384 g/mol. The Morgan fingerprint density at radius 3 is 2.27 bits per heavy atom. The molecule has 1 aliphatic heterocycles. The zero-order valence-electron chi connectivity index (χ0n) is 18.0. The molecule has 1 aromatic carbocycles. The monoisotopic (exact) mass is 414 g/mol. The van der Waals surface area contributed by atoms with Crippen LogP contribution in [0, 0.1) is 17.8 Å². The maximum atomic E-state index is 12.8. The van der Waals surface area contributed by atoms with Gasteiger partial charge < -0.3 is 10.1 Å². The van der Waals surface area contributed by atoms with E-state index in [1.807, 2.05) is 0 Å². The summed E-state index contributed by atoms with van der Waals surface area (Å²) in [4.78, 5) is 51.6. The predicted molar refractivity (Wildman–Crippen MR) is 111 cm³/mol. The summed E-state index contributed by atoms with van der Waals surface area (Å²) in [5, 5.41) is 2.96. The molecule has 1 fully saturated rings. The predicted octanol–water partition coefficient (Wildman–Crippen LogP) is 2.79. The van der Waals surface area contributed by atoms with Crippen molar-refractivity contribution in [2.45, 2.75) is 59.0 Å². The van der Waals surface area contributed by atoms with E-state index in [0.29, 0.717) is 11.8 Å². The van der Waals surface area contributed by atoms with Gasteiger partial charge in [0.25, 0.3) is 17.7 Å². The summed E-state index contributed by atoms with van der Waals surface area (Å²) in [6.45, 7) is 7.35. The largest absolute Gasteiger partial charge is 0.454 e. The third-order valence-electron chi connectivity index (χ3n) is 6.38. The van der Waals surface area contributed by atoms with Crippen molar-refractivity contribution in [1.29, 1.82) is 0 Å². The average molecular weight is 415 g/mol. The molecule has 0 bridgehead atoms. The van der Waals surface area contributed by atoms with Crippen LogP contribution in [0.1, 0.15) is 67.7 Å². The molecule has 0 spiro atoms. The van der Waals surface area contributed by atoms with Crippen LogP contribution in [0.3, 0.4) is 0 Å². The van der Waals surface area contributed by atoms with Crippen LogP contribution >= 0.6 is 0 Å². The van der Waals surface area contributed by atoms with Gasteiger partial charge in [-0.25, -0.2) is 4.79 Å². The molecule has 0 aromatic heterocycles. The number of rotatable bonds is 6. The first-order chi connectivity index (χ1) is 14.2. The van der Waals surface area contributed by atoms with Crippen molar-refractivity contribution < 1.29 is 23.9 Å². The Morgan fingerprint density at radius 2 is 1.70 bits per heavy atom. The highest BCUT2D eigenvalue weighted by molar-refractivity contribution is 6.22. The van der Waals surface area contributed by atoms with Crippen LogP contribution in [0.2, 0.25) is 0 Å². The Morgan fingerprint density at radius 1 is 1.10 bits per heavy atom. The lowest BCUT2D eigenvalue weighted by Crippen LogP contribution is -2.50. The van der Waals surface area contributed by atoms with Gasteiger partial charge in [0, 0.05) is 6.04 Å². The highest BCUT2D eigenvalue weighted by atomic mass is 16.5. The van der Waals surface area contributed by atoms with Gasteiger partial charge in [-0.15, -0.1) is 0 Å². The first kappa shape index (κ1) is 22.0. The van der Waals surface area contributed by atoms with Gasteiger partial charge in [-0.2, -0.15) is 0 Å². The lowest BCUT2D eigenvalue weighted by atomic mass is 9.78. The van der Waals surface area contributed by atoms with Gasteiger partial charge >= 0.3 is 5.97 Å². The van der Waals surface area contributed by atoms with Crippen LogP contribution in [-0.2, 0) is 14.3 Å². The van der Waals surface area contributed by atoms with Crippen LogP contribution in [0.15, 0.2) is 24.3 Å². The first-order valence-corrected chi connectivity index (χ1v) is 10.6. The number of nitrogens with one attached hydrogen (secondary N) is 1. The standard InChI is InChI=1S/C23H30N2O5/c1-13(2)20(25-21(27)16-9-5-6-10-17(16)22(25)28)23(29)30-12-19(26)24-18-11-7-8-14(3)15(18)4/h5-6,9-10,13-15,18,20H,7-8,11-12H2,1-4H3,(H,24,26)/t14-,15-,18-,20-/m1/s1. The number of carbonyl (C=O) groups is 4.